The number of aromatic nitrogens is 1. The summed E-state index contributed by atoms with van der Waals surface area (Å²) < 4.78 is 13.4. The number of hydrogen-bond acceptors (Lipinski definition) is 4. The zero-order chi connectivity index (χ0) is 24.2. The van der Waals surface area contributed by atoms with Crippen molar-refractivity contribution in [2.24, 2.45) is 5.92 Å². The fourth-order valence-electron chi connectivity index (χ4n) is 4.80. The minimum atomic E-state index is -0.949. The van der Waals surface area contributed by atoms with E-state index in [0.29, 0.717) is 62.1 Å². The Balaban J connectivity index is 1.26. The molecule has 2 heterocycles. The Bertz CT molecular complexity index is 1050. The maximum absolute atomic E-state index is 13.4. The van der Waals surface area contributed by atoms with E-state index in [-0.39, 0.29) is 35.6 Å². The van der Waals surface area contributed by atoms with Gasteiger partial charge in [-0.25, -0.2) is 9.18 Å². The van der Waals surface area contributed by atoms with Gasteiger partial charge in [-0.2, -0.15) is 0 Å². The Labute approximate surface area is 197 Å². The molecule has 8 nitrogen and oxygen atoms in total. The molecule has 1 aliphatic heterocycles. The van der Waals surface area contributed by atoms with E-state index < -0.39 is 6.09 Å². The van der Waals surface area contributed by atoms with Gasteiger partial charge in [-0.15, -0.1) is 0 Å². The molecule has 2 aliphatic rings. The van der Waals surface area contributed by atoms with Gasteiger partial charge in [-0.1, -0.05) is 12.1 Å². The largest absolute Gasteiger partial charge is 0.465 e. The lowest BCUT2D eigenvalue weighted by Gasteiger charge is -2.40. The summed E-state index contributed by atoms with van der Waals surface area (Å²) in [7, 11) is 0. The predicted molar refractivity (Wildman–Crippen MR) is 124 cm³/mol. The molecule has 3 amide bonds. The van der Waals surface area contributed by atoms with Crippen LogP contribution in [0.15, 0.2) is 42.6 Å². The predicted octanol–water partition coefficient (Wildman–Crippen LogP) is 3.39. The van der Waals surface area contributed by atoms with Gasteiger partial charge < -0.3 is 20.2 Å². The Hall–Kier alpha value is -3.49. The summed E-state index contributed by atoms with van der Waals surface area (Å²) in [6.45, 7) is 2.99. The van der Waals surface area contributed by atoms with Crippen LogP contribution in [-0.4, -0.2) is 69.5 Å². The van der Waals surface area contributed by atoms with E-state index in [4.69, 9.17) is 0 Å². The highest BCUT2D eigenvalue weighted by molar-refractivity contribution is 5.94. The third-order valence-electron chi connectivity index (χ3n) is 6.74. The lowest BCUT2D eigenvalue weighted by molar-refractivity contribution is -0.139. The van der Waals surface area contributed by atoms with E-state index in [9.17, 15) is 23.9 Å². The third kappa shape index (κ3) is 5.35. The average molecular weight is 469 g/mol. The molecular weight excluding hydrogens is 439 g/mol. The maximum Gasteiger partial charge on any atom is 0.407 e. The molecule has 4 rings (SSSR count). The Morgan fingerprint density at radius 3 is 2.47 bits per heavy atom. The topological polar surface area (TPSA) is 103 Å². The highest BCUT2D eigenvalue weighted by Crippen LogP contribution is 2.27. The number of hydrogen-bond donors (Lipinski definition) is 2. The van der Waals surface area contributed by atoms with Gasteiger partial charge in [0.05, 0.1) is 11.3 Å². The van der Waals surface area contributed by atoms with Gasteiger partial charge in [-0.05, 0) is 56.9 Å². The Morgan fingerprint density at radius 2 is 1.85 bits per heavy atom. The molecule has 1 saturated heterocycles. The first-order valence-electron chi connectivity index (χ1n) is 11.6. The van der Waals surface area contributed by atoms with Crippen molar-refractivity contribution in [1.29, 1.82) is 0 Å². The number of nitrogens with one attached hydrogen (secondary N) is 1. The van der Waals surface area contributed by atoms with Gasteiger partial charge in [0.2, 0.25) is 5.91 Å². The molecule has 0 radical (unpaired) electrons. The van der Waals surface area contributed by atoms with E-state index in [2.05, 4.69) is 10.3 Å². The Morgan fingerprint density at radius 1 is 1.09 bits per heavy atom. The normalized spacial score (nSPS) is 22.8. The molecule has 2 fully saturated rings. The molecular formula is C25H29FN4O4. The monoisotopic (exact) mass is 468 g/mol. The molecule has 2 N–H and O–H groups in total. The summed E-state index contributed by atoms with van der Waals surface area (Å²) in [5.41, 5.74) is 1.67. The van der Waals surface area contributed by atoms with Gasteiger partial charge in [0, 0.05) is 49.4 Å². The average Bonchev–Trinajstić information content (AvgIpc) is 2.84. The smallest absolute Gasteiger partial charge is 0.407 e. The number of halogens is 1. The van der Waals surface area contributed by atoms with Crippen LogP contribution in [-0.2, 0) is 4.79 Å². The van der Waals surface area contributed by atoms with Crippen molar-refractivity contribution in [3.63, 3.8) is 0 Å². The first kappa shape index (κ1) is 23.7. The zero-order valence-corrected chi connectivity index (χ0v) is 19.1. The van der Waals surface area contributed by atoms with Crippen LogP contribution in [0.3, 0.4) is 0 Å². The summed E-state index contributed by atoms with van der Waals surface area (Å²) in [5.74, 6) is -0.568. The maximum atomic E-state index is 13.4. The zero-order valence-electron chi connectivity index (χ0n) is 19.1. The molecule has 0 spiro atoms. The minimum absolute atomic E-state index is 0.0118. The molecule has 1 aromatic carbocycles. The number of amides is 3. The molecule has 0 unspecified atom stereocenters. The third-order valence-corrected chi connectivity index (χ3v) is 6.74. The summed E-state index contributed by atoms with van der Waals surface area (Å²) in [4.78, 5) is 44.3. The van der Waals surface area contributed by atoms with E-state index in [1.807, 2.05) is 6.92 Å². The van der Waals surface area contributed by atoms with Crippen molar-refractivity contribution in [1.82, 2.24) is 20.1 Å². The minimum Gasteiger partial charge on any atom is -0.465 e. The summed E-state index contributed by atoms with van der Waals surface area (Å²) >= 11 is 0. The summed E-state index contributed by atoms with van der Waals surface area (Å²) in [6.07, 6.45) is 3.34. The van der Waals surface area contributed by atoms with Crippen molar-refractivity contribution >= 4 is 17.9 Å². The van der Waals surface area contributed by atoms with Crippen molar-refractivity contribution in [3.05, 3.63) is 54.0 Å². The van der Waals surface area contributed by atoms with Crippen LogP contribution in [0.2, 0.25) is 0 Å². The van der Waals surface area contributed by atoms with Gasteiger partial charge in [0.15, 0.2) is 0 Å². The molecule has 9 heteroatoms. The first-order chi connectivity index (χ1) is 16.3. The number of pyridine rings is 1. The van der Waals surface area contributed by atoms with Crippen molar-refractivity contribution in [2.45, 2.75) is 44.7 Å². The Kier molecular flexibility index (Phi) is 7.09. The van der Waals surface area contributed by atoms with Crippen molar-refractivity contribution in [3.8, 4) is 11.3 Å². The van der Waals surface area contributed by atoms with Gasteiger partial charge in [0.1, 0.15) is 5.82 Å². The molecule has 0 bridgehead atoms. The van der Waals surface area contributed by atoms with E-state index in [1.165, 1.54) is 23.2 Å². The van der Waals surface area contributed by atoms with Crippen LogP contribution in [0.1, 0.15) is 43.0 Å². The standard InChI is InChI=1S/C25H29FN4O4/c1-16-15-29(11-12-30(16)25(33)34)24(32)17-5-8-21(9-6-17)28-23(31)19-7-10-22(27-14-19)18-3-2-4-20(26)13-18/h2-4,7,10,13-14,16-17,21H,5-6,8-9,11-12,15H2,1H3,(H,28,31)(H,33,34)/t16-,17-,21-/m1/s1. The number of benzene rings is 1. The highest BCUT2D eigenvalue weighted by atomic mass is 19.1. The second-order valence-corrected chi connectivity index (χ2v) is 9.07. The number of rotatable bonds is 4. The van der Waals surface area contributed by atoms with Crippen LogP contribution in [0.25, 0.3) is 11.3 Å². The fourth-order valence-corrected chi connectivity index (χ4v) is 4.80. The SMILES string of the molecule is C[C@@H]1CN(C(=O)[C@H]2CC[C@H](NC(=O)c3ccc(-c4cccc(F)c4)nc3)CC2)CCN1C(=O)O. The highest BCUT2D eigenvalue weighted by Gasteiger charge is 2.34. The van der Waals surface area contributed by atoms with Crippen LogP contribution in [0, 0.1) is 11.7 Å². The lowest BCUT2D eigenvalue weighted by atomic mass is 9.84. The van der Waals surface area contributed by atoms with Gasteiger partial charge in [0.25, 0.3) is 5.91 Å². The second kappa shape index (κ2) is 10.2. The fraction of sp³-hybridized carbons (Fsp3) is 0.440. The molecule has 2 aromatic rings. The summed E-state index contributed by atoms with van der Waals surface area (Å²) in [6, 6.07) is 9.29. The van der Waals surface area contributed by atoms with Crippen LogP contribution in [0.4, 0.5) is 9.18 Å². The van der Waals surface area contributed by atoms with Crippen LogP contribution >= 0.6 is 0 Å². The van der Waals surface area contributed by atoms with E-state index in [0.717, 1.165) is 0 Å². The molecule has 1 atom stereocenters. The van der Waals surface area contributed by atoms with Crippen LogP contribution < -0.4 is 5.32 Å². The second-order valence-electron chi connectivity index (χ2n) is 9.07. The number of carbonyl (C=O) groups is 3. The van der Waals surface area contributed by atoms with Crippen molar-refractivity contribution in [2.75, 3.05) is 19.6 Å². The van der Waals surface area contributed by atoms with Crippen molar-refractivity contribution < 1.29 is 23.9 Å². The van der Waals surface area contributed by atoms with E-state index in [1.54, 1.807) is 29.2 Å². The molecule has 1 aliphatic carbocycles. The number of nitrogens with zero attached hydrogens (tertiary/aromatic N) is 3. The number of carboxylic acid groups (broad SMARTS) is 1. The number of piperazine rings is 1. The quantitative estimate of drug-likeness (QED) is 0.716. The molecule has 180 valence electrons. The van der Waals surface area contributed by atoms with E-state index >= 15 is 0 Å². The first-order valence-corrected chi connectivity index (χ1v) is 11.6. The van der Waals surface area contributed by atoms with Crippen LogP contribution in [0.5, 0.6) is 0 Å². The van der Waals surface area contributed by atoms with Gasteiger partial charge in [-0.3, -0.25) is 14.6 Å². The lowest BCUT2D eigenvalue weighted by Crippen LogP contribution is -2.56. The number of carbonyl (C=O) groups excluding carboxylic acids is 2. The summed E-state index contributed by atoms with van der Waals surface area (Å²) in [5, 5.41) is 12.2. The molecule has 34 heavy (non-hydrogen) atoms. The van der Waals surface area contributed by atoms with Gasteiger partial charge >= 0.3 is 6.09 Å². The molecule has 1 saturated carbocycles. The molecule has 1 aromatic heterocycles.